The van der Waals surface area contributed by atoms with Crippen molar-refractivity contribution in [1.82, 2.24) is 0 Å². The van der Waals surface area contributed by atoms with Crippen LogP contribution < -0.4 is 57.1 Å². The van der Waals surface area contributed by atoms with Crippen LogP contribution in [-0.4, -0.2) is 17.6 Å². The van der Waals surface area contributed by atoms with Crippen LogP contribution in [0.15, 0.2) is 0 Å². The van der Waals surface area contributed by atoms with E-state index in [0.29, 0.717) is 6.54 Å². The fourth-order valence-corrected chi connectivity index (χ4v) is 0.597. The Kier molecular flexibility index (Phi) is 13.7. The second-order valence-corrected chi connectivity index (χ2v) is 1.99. The smallest absolute Gasteiger partial charge is 1.00 e. The molecule has 0 fully saturated rings. The molecule has 0 saturated heterocycles. The third-order valence-corrected chi connectivity index (χ3v) is 1.09. The summed E-state index contributed by atoms with van der Waals surface area (Å²) in [4.78, 5) is 9.93. The number of carbonyl (C=O) groups is 1. The van der Waals surface area contributed by atoms with Gasteiger partial charge in [-0.3, -0.25) is 4.79 Å². The van der Waals surface area contributed by atoms with E-state index in [0.717, 1.165) is 19.3 Å². The number of unbranched alkanes of at least 4 members (excludes halogenated alkanes) is 2. The van der Waals surface area contributed by atoms with E-state index in [1.807, 2.05) is 0 Å². The first-order chi connectivity index (χ1) is 4.27. The van der Waals surface area contributed by atoms with E-state index in [9.17, 15) is 4.79 Å². The number of hydrogen-bond donors (Lipinski definition) is 2. The number of hydrogen-bond acceptors (Lipinski definition) is 2. The maximum Gasteiger partial charge on any atom is 1.00 e. The molecule has 3 nitrogen and oxygen atoms in total. The van der Waals surface area contributed by atoms with Gasteiger partial charge in [0, 0.05) is 6.42 Å². The quantitative estimate of drug-likeness (QED) is 0.361. The fourth-order valence-electron chi connectivity index (χ4n) is 0.597. The molecule has 0 aliphatic carbocycles. The van der Waals surface area contributed by atoms with E-state index in [4.69, 9.17) is 10.8 Å². The van der Waals surface area contributed by atoms with Crippen LogP contribution in [0.3, 0.4) is 0 Å². The maximum absolute atomic E-state index is 9.93. The minimum atomic E-state index is -0.716. The van der Waals surface area contributed by atoms with Gasteiger partial charge in [-0.2, -0.15) is 0 Å². The van der Waals surface area contributed by atoms with Crippen LogP contribution in [0.1, 0.15) is 27.1 Å². The maximum atomic E-state index is 9.93. The summed E-state index contributed by atoms with van der Waals surface area (Å²) < 4.78 is 0. The van der Waals surface area contributed by atoms with Gasteiger partial charge in [0.1, 0.15) is 0 Å². The van der Waals surface area contributed by atoms with Crippen LogP contribution in [0.2, 0.25) is 0 Å². The van der Waals surface area contributed by atoms with Crippen LogP contribution in [0.4, 0.5) is 0 Å². The van der Waals surface area contributed by atoms with Gasteiger partial charge < -0.3 is 12.3 Å². The Morgan fingerprint density at radius 2 is 2.00 bits per heavy atom. The SMILES string of the molecule is NCCCCCC(=O)O.[H-].[K+]. The Hall–Kier alpha value is 1.07. The molecular weight excluding hydrogens is 157 g/mol. The predicted molar refractivity (Wildman–Crippen MR) is 36.3 cm³/mol. The molecule has 0 spiro atoms. The van der Waals surface area contributed by atoms with Gasteiger partial charge in [0.2, 0.25) is 0 Å². The number of rotatable bonds is 5. The molecule has 10 heavy (non-hydrogen) atoms. The van der Waals surface area contributed by atoms with Crippen LogP contribution in [0.5, 0.6) is 0 Å². The Balaban J connectivity index is -0.000000320. The first kappa shape index (κ1) is 13.6. The predicted octanol–water partition coefficient (Wildman–Crippen LogP) is -2.29. The molecule has 0 aromatic heterocycles. The first-order valence-corrected chi connectivity index (χ1v) is 3.19. The van der Waals surface area contributed by atoms with Crippen molar-refractivity contribution < 1.29 is 62.7 Å². The second-order valence-electron chi connectivity index (χ2n) is 1.99. The molecule has 56 valence electrons. The van der Waals surface area contributed by atoms with Crippen LogP contribution >= 0.6 is 0 Å². The van der Waals surface area contributed by atoms with E-state index in [1.54, 1.807) is 0 Å². The van der Waals surface area contributed by atoms with Crippen LogP contribution in [0.25, 0.3) is 0 Å². The van der Waals surface area contributed by atoms with Crippen molar-refractivity contribution in [3.63, 3.8) is 0 Å². The van der Waals surface area contributed by atoms with Crippen molar-refractivity contribution in [3.8, 4) is 0 Å². The molecule has 0 atom stereocenters. The van der Waals surface area contributed by atoms with Gasteiger partial charge in [0.05, 0.1) is 0 Å². The number of carboxylic acid groups (broad SMARTS) is 1. The van der Waals surface area contributed by atoms with Crippen LogP contribution in [-0.2, 0) is 4.79 Å². The second kappa shape index (κ2) is 10.1. The molecule has 0 amide bonds. The van der Waals surface area contributed by atoms with Crippen LogP contribution in [0, 0.1) is 0 Å². The molecule has 0 radical (unpaired) electrons. The van der Waals surface area contributed by atoms with Gasteiger partial charge in [0.25, 0.3) is 0 Å². The van der Waals surface area contributed by atoms with E-state index in [2.05, 4.69) is 0 Å². The van der Waals surface area contributed by atoms with Gasteiger partial charge in [-0.15, -0.1) is 0 Å². The summed E-state index contributed by atoms with van der Waals surface area (Å²) in [6.07, 6.45) is 2.91. The van der Waals surface area contributed by atoms with E-state index in [1.165, 1.54) is 0 Å². The summed E-state index contributed by atoms with van der Waals surface area (Å²) in [7, 11) is 0. The topological polar surface area (TPSA) is 63.3 Å². The van der Waals surface area contributed by atoms with Crippen molar-refractivity contribution in [3.05, 3.63) is 0 Å². The minimum Gasteiger partial charge on any atom is -1.00 e. The Morgan fingerprint density at radius 3 is 2.40 bits per heavy atom. The number of nitrogens with two attached hydrogens (primary N) is 1. The average molecular weight is 171 g/mol. The molecule has 0 rings (SSSR count). The summed E-state index contributed by atoms with van der Waals surface area (Å²) in [5.41, 5.74) is 5.20. The number of carboxylic acids is 1. The van der Waals surface area contributed by atoms with E-state index in [-0.39, 0.29) is 59.2 Å². The molecular formula is C6H14KNO2. The van der Waals surface area contributed by atoms with Gasteiger partial charge in [0.15, 0.2) is 0 Å². The molecule has 0 saturated carbocycles. The minimum absolute atomic E-state index is 0. The van der Waals surface area contributed by atoms with Crippen molar-refractivity contribution in [2.24, 2.45) is 5.73 Å². The zero-order valence-corrected chi connectivity index (χ0v) is 9.59. The van der Waals surface area contributed by atoms with Gasteiger partial charge in [-0.05, 0) is 19.4 Å². The summed E-state index contributed by atoms with van der Waals surface area (Å²) in [5, 5.41) is 8.18. The van der Waals surface area contributed by atoms with Crippen molar-refractivity contribution in [2.45, 2.75) is 25.7 Å². The molecule has 0 aliphatic rings. The third-order valence-electron chi connectivity index (χ3n) is 1.09. The molecule has 0 heterocycles. The molecule has 0 aromatic carbocycles. The van der Waals surface area contributed by atoms with Gasteiger partial charge in [-0.25, -0.2) is 0 Å². The summed E-state index contributed by atoms with van der Waals surface area (Å²) in [6, 6.07) is 0. The molecule has 4 heteroatoms. The molecule has 3 N–H and O–H groups in total. The summed E-state index contributed by atoms with van der Waals surface area (Å²) in [6.45, 7) is 0.666. The fraction of sp³-hybridized carbons (Fsp3) is 0.833. The van der Waals surface area contributed by atoms with Gasteiger partial charge in [-0.1, -0.05) is 6.42 Å². The monoisotopic (exact) mass is 171 g/mol. The largest absolute Gasteiger partial charge is 1.00 e. The zero-order chi connectivity index (χ0) is 7.11. The molecule has 0 aromatic rings. The first-order valence-electron chi connectivity index (χ1n) is 3.19. The van der Waals surface area contributed by atoms with Crippen molar-refractivity contribution in [2.75, 3.05) is 6.54 Å². The van der Waals surface area contributed by atoms with E-state index < -0.39 is 5.97 Å². The Morgan fingerprint density at radius 1 is 1.40 bits per heavy atom. The van der Waals surface area contributed by atoms with Gasteiger partial charge >= 0.3 is 57.4 Å². The molecule has 0 unspecified atom stereocenters. The Bertz CT molecular complexity index is 92.7. The normalized spacial score (nSPS) is 8.50. The third kappa shape index (κ3) is 11.8. The zero-order valence-electron chi connectivity index (χ0n) is 7.47. The average Bonchev–Trinajstić information content (AvgIpc) is 1.80. The molecule has 0 aliphatic heterocycles. The standard InChI is InChI=1S/C6H13NO2.K.H/c7-5-3-1-2-4-6(8)9;;/h1-5,7H2,(H,8,9);;/q;+1;-1. The molecule has 0 bridgehead atoms. The number of aliphatic carboxylic acids is 1. The van der Waals surface area contributed by atoms with Crippen molar-refractivity contribution >= 4 is 5.97 Å². The summed E-state index contributed by atoms with van der Waals surface area (Å²) >= 11 is 0. The summed E-state index contributed by atoms with van der Waals surface area (Å²) in [5.74, 6) is -0.716. The Labute approximate surface area is 105 Å². The van der Waals surface area contributed by atoms with E-state index >= 15 is 0 Å². The van der Waals surface area contributed by atoms with Crippen molar-refractivity contribution in [1.29, 1.82) is 0 Å².